The highest BCUT2D eigenvalue weighted by atomic mass is 35.5. The number of hydrogen-bond donors (Lipinski definition) is 2. The van der Waals surface area contributed by atoms with Crippen molar-refractivity contribution in [2.45, 2.75) is 13.3 Å². The molecule has 26 heavy (non-hydrogen) atoms. The van der Waals surface area contributed by atoms with Crippen molar-refractivity contribution < 1.29 is 0 Å². The Hall–Kier alpha value is -2.57. The van der Waals surface area contributed by atoms with Gasteiger partial charge in [0.15, 0.2) is 0 Å². The largest absolute Gasteiger partial charge is 0.323 e. The lowest BCUT2D eigenvalue weighted by molar-refractivity contribution is 0.938. The van der Waals surface area contributed by atoms with E-state index in [0.29, 0.717) is 55.9 Å². The maximum absolute atomic E-state index is 12.6. The van der Waals surface area contributed by atoms with Crippen LogP contribution in [0, 0.1) is 0 Å². The van der Waals surface area contributed by atoms with Gasteiger partial charge in [-0.1, -0.05) is 36.2 Å². The zero-order valence-electron chi connectivity index (χ0n) is 14.1. The molecule has 0 saturated carbocycles. The molecule has 0 aliphatic heterocycles. The molecule has 0 saturated heterocycles. The molecule has 2 heterocycles. The molecule has 4 rings (SSSR count). The summed E-state index contributed by atoms with van der Waals surface area (Å²) in [4.78, 5) is 24.5. The molecule has 4 aromatic rings. The Kier molecular flexibility index (Phi) is 4.09. The summed E-state index contributed by atoms with van der Waals surface area (Å²) >= 11 is 12.5. The van der Waals surface area contributed by atoms with Crippen molar-refractivity contribution in [1.29, 1.82) is 0 Å². The summed E-state index contributed by atoms with van der Waals surface area (Å²) in [6.45, 7) is 1.95. The average molecular weight is 388 g/mol. The van der Waals surface area contributed by atoms with Crippen molar-refractivity contribution in [2.24, 2.45) is 7.05 Å². The van der Waals surface area contributed by atoms with Gasteiger partial charge in [-0.15, -0.1) is 0 Å². The minimum absolute atomic E-state index is 0.178. The molecular formula is C18H15Cl2N5O. The maximum Gasteiger partial charge on any atom is 0.260 e. The van der Waals surface area contributed by atoms with Gasteiger partial charge in [-0.05, 0) is 24.3 Å². The first-order chi connectivity index (χ1) is 12.5. The molecule has 8 heteroatoms. The Morgan fingerprint density at radius 2 is 1.81 bits per heavy atom. The molecule has 0 amide bonds. The monoisotopic (exact) mass is 387 g/mol. The number of nitrogens with zero attached hydrogens (tertiary/aromatic N) is 3. The summed E-state index contributed by atoms with van der Waals surface area (Å²) in [5, 5.41) is 4.64. The second-order valence-corrected chi connectivity index (χ2v) is 6.72. The van der Waals surface area contributed by atoms with Crippen molar-refractivity contribution in [1.82, 2.24) is 19.5 Å². The highest BCUT2D eigenvalue weighted by Gasteiger charge is 2.16. The van der Waals surface area contributed by atoms with E-state index in [4.69, 9.17) is 23.2 Å². The molecule has 0 aliphatic rings. The smallest absolute Gasteiger partial charge is 0.260 e. The lowest BCUT2D eigenvalue weighted by Crippen LogP contribution is -2.12. The van der Waals surface area contributed by atoms with Crippen LogP contribution in [0.2, 0.25) is 10.0 Å². The fourth-order valence-corrected chi connectivity index (χ4v) is 3.48. The first-order valence-corrected chi connectivity index (χ1v) is 8.84. The van der Waals surface area contributed by atoms with Gasteiger partial charge in [-0.2, -0.15) is 0 Å². The standard InChI is InChI=1S/C18H15Cl2N5O/c1-3-13-21-11-7-8-12-16(14(11)17(26)23-13)25(2)18(22-12)24-15-9(19)5-4-6-10(15)20/h4-8H,3H2,1-2H3,(H,22,24)(H,21,23,26). The number of benzene rings is 2. The highest BCUT2D eigenvalue weighted by Crippen LogP contribution is 2.33. The van der Waals surface area contributed by atoms with Crippen LogP contribution in [0.25, 0.3) is 21.9 Å². The first kappa shape index (κ1) is 16.9. The number of imidazole rings is 1. The summed E-state index contributed by atoms with van der Waals surface area (Å²) in [7, 11) is 1.83. The molecule has 0 bridgehead atoms. The van der Waals surface area contributed by atoms with Gasteiger partial charge >= 0.3 is 0 Å². The minimum Gasteiger partial charge on any atom is -0.323 e. The fourth-order valence-electron chi connectivity index (χ4n) is 2.99. The van der Waals surface area contributed by atoms with E-state index in [2.05, 4.69) is 20.3 Å². The fraction of sp³-hybridized carbons (Fsp3) is 0.167. The quantitative estimate of drug-likeness (QED) is 0.545. The van der Waals surface area contributed by atoms with E-state index >= 15 is 0 Å². The number of H-pyrrole nitrogens is 1. The summed E-state index contributed by atoms with van der Waals surface area (Å²) in [5.74, 6) is 1.19. The number of anilines is 2. The topological polar surface area (TPSA) is 75.6 Å². The van der Waals surface area contributed by atoms with Gasteiger partial charge in [0.2, 0.25) is 5.95 Å². The van der Waals surface area contributed by atoms with Crippen LogP contribution >= 0.6 is 23.2 Å². The second kappa shape index (κ2) is 6.30. The zero-order valence-corrected chi connectivity index (χ0v) is 15.6. The van der Waals surface area contributed by atoms with Gasteiger partial charge in [-0.25, -0.2) is 9.97 Å². The van der Waals surface area contributed by atoms with Crippen LogP contribution in [-0.4, -0.2) is 19.5 Å². The van der Waals surface area contributed by atoms with E-state index in [-0.39, 0.29) is 5.56 Å². The van der Waals surface area contributed by atoms with E-state index in [9.17, 15) is 4.79 Å². The summed E-state index contributed by atoms with van der Waals surface area (Å²) in [6, 6.07) is 8.92. The van der Waals surface area contributed by atoms with Crippen LogP contribution in [0.1, 0.15) is 12.7 Å². The number of rotatable bonds is 3. The SMILES string of the molecule is CCc1nc2ccc3nc(Nc4c(Cl)cccc4Cl)n(C)c3c2c(=O)[nH]1. The molecule has 0 atom stereocenters. The molecule has 2 aromatic carbocycles. The maximum atomic E-state index is 12.6. The average Bonchev–Trinajstić information content (AvgIpc) is 2.94. The van der Waals surface area contributed by atoms with Crippen LogP contribution in [0.15, 0.2) is 35.1 Å². The van der Waals surface area contributed by atoms with Crippen LogP contribution in [-0.2, 0) is 13.5 Å². The Bertz CT molecular complexity index is 1190. The number of para-hydroxylation sites is 1. The molecule has 0 spiro atoms. The predicted molar refractivity (Wildman–Crippen MR) is 106 cm³/mol. The summed E-state index contributed by atoms with van der Waals surface area (Å²) in [6.07, 6.45) is 0.659. The van der Waals surface area contributed by atoms with Gasteiger partial charge in [-0.3, -0.25) is 4.79 Å². The molecule has 6 nitrogen and oxygen atoms in total. The van der Waals surface area contributed by atoms with E-state index < -0.39 is 0 Å². The number of nitrogens with one attached hydrogen (secondary N) is 2. The Labute approximate surface area is 158 Å². The number of halogens is 2. The summed E-state index contributed by atoms with van der Waals surface area (Å²) < 4.78 is 1.81. The van der Waals surface area contributed by atoms with Crippen molar-refractivity contribution in [3.05, 3.63) is 56.6 Å². The van der Waals surface area contributed by atoms with E-state index in [1.54, 1.807) is 22.8 Å². The van der Waals surface area contributed by atoms with Gasteiger partial charge in [0.1, 0.15) is 5.82 Å². The highest BCUT2D eigenvalue weighted by molar-refractivity contribution is 6.39. The third-order valence-corrected chi connectivity index (χ3v) is 4.92. The van der Waals surface area contributed by atoms with E-state index in [1.165, 1.54) is 0 Å². The van der Waals surface area contributed by atoms with Crippen LogP contribution in [0.3, 0.4) is 0 Å². The normalized spacial score (nSPS) is 11.4. The minimum atomic E-state index is -0.178. The Morgan fingerprint density at radius 3 is 2.50 bits per heavy atom. The molecule has 0 aliphatic carbocycles. The van der Waals surface area contributed by atoms with Gasteiger partial charge in [0, 0.05) is 13.5 Å². The molecule has 2 aromatic heterocycles. The number of aromatic nitrogens is 4. The lowest BCUT2D eigenvalue weighted by atomic mass is 10.2. The second-order valence-electron chi connectivity index (χ2n) is 5.91. The Morgan fingerprint density at radius 1 is 1.12 bits per heavy atom. The van der Waals surface area contributed by atoms with Crippen molar-refractivity contribution in [3.8, 4) is 0 Å². The van der Waals surface area contributed by atoms with Crippen molar-refractivity contribution >= 4 is 56.8 Å². The molecule has 0 radical (unpaired) electrons. The van der Waals surface area contributed by atoms with Gasteiger partial charge in [0.25, 0.3) is 5.56 Å². The third-order valence-electron chi connectivity index (χ3n) is 4.29. The van der Waals surface area contributed by atoms with Crippen LogP contribution < -0.4 is 10.9 Å². The van der Waals surface area contributed by atoms with Crippen LogP contribution in [0.5, 0.6) is 0 Å². The van der Waals surface area contributed by atoms with Crippen molar-refractivity contribution in [2.75, 3.05) is 5.32 Å². The van der Waals surface area contributed by atoms with Crippen molar-refractivity contribution in [3.63, 3.8) is 0 Å². The summed E-state index contributed by atoms with van der Waals surface area (Å²) in [5.41, 5.74) is 2.41. The number of hydrogen-bond acceptors (Lipinski definition) is 4. The van der Waals surface area contributed by atoms with E-state index in [1.807, 2.05) is 26.1 Å². The Balaban J connectivity index is 1.95. The van der Waals surface area contributed by atoms with Gasteiger partial charge in [0.05, 0.1) is 37.7 Å². The lowest BCUT2D eigenvalue weighted by Gasteiger charge is -2.10. The molecule has 2 N–H and O–H groups in total. The third kappa shape index (κ3) is 2.62. The van der Waals surface area contributed by atoms with Crippen LogP contribution in [0.4, 0.5) is 11.6 Å². The van der Waals surface area contributed by atoms with Gasteiger partial charge < -0.3 is 14.9 Å². The molecule has 0 unspecified atom stereocenters. The number of aromatic amines is 1. The molecule has 0 fully saturated rings. The van der Waals surface area contributed by atoms with E-state index in [0.717, 1.165) is 0 Å². The first-order valence-electron chi connectivity index (χ1n) is 8.09. The number of fused-ring (bicyclic) bond motifs is 3. The molecule has 132 valence electrons. The number of aryl methyl sites for hydroxylation is 2. The molecular weight excluding hydrogens is 373 g/mol. The predicted octanol–water partition coefficient (Wildman–Crippen LogP) is 4.42. The zero-order chi connectivity index (χ0) is 18.4.